The summed E-state index contributed by atoms with van der Waals surface area (Å²) in [5.41, 5.74) is -0.181. The van der Waals surface area contributed by atoms with Crippen LogP contribution < -0.4 is 5.32 Å². The number of benzene rings is 1. The van der Waals surface area contributed by atoms with Gasteiger partial charge in [-0.15, -0.1) is 0 Å². The molecular weight excluding hydrogens is 305 g/mol. The maximum atomic E-state index is 13.5. The van der Waals surface area contributed by atoms with Gasteiger partial charge in [-0.3, -0.25) is 4.79 Å². The first-order chi connectivity index (χ1) is 8.47. The second kappa shape index (κ2) is 6.49. The van der Waals surface area contributed by atoms with Crippen molar-refractivity contribution in [2.24, 2.45) is 0 Å². The number of carboxylic acids is 1. The van der Waals surface area contributed by atoms with Crippen molar-refractivity contribution in [1.82, 2.24) is 5.32 Å². The van der Waals surface area contributed by atoms with E-state index in [0.29, 0.717) is 17.3 Å². The molecule has 0 radical (unpaired) electrons. The van der Waals surface area contributed by atoms with E-state index in [1.807, 2.05) is 0 Å². The van der Waals surface area contributed by atoms with Crippen LogP contribution in [-0.2, 0) is 4.79 Å². The molecule has 1 rings (SSSR count). The van der Waals surface area contributed by atoms with E-state index in [-0.39, 0.29) is 5.56 Å². The third-order valence-electron chi connectivity index (χ3n) is 2.37. The van der Waals surface area contributed by atoms with Crippen LogP contribution in [0, 0.1) is 5.82 Å². The molecule has 0 bridgehead atoms. The van der Waals surface area contributed by atoms with Gasteiger partial charge < -0.3 is 10.4 Å². The Balaban J connectivity index is 2.90. The summed E-state index contributed by atoms with van der Waals surface area (Å²) in [5.74, 6) is -2.55. The molecular formula is C12H13BrFNO3. The Hall–Kier alpha value is -1.43. The molecule has 0 spiro atoms. The van der Waals surface area contributed by atoms with Crippen molar-refractivity contribution in [2.45, 2.75) is 25.8 Å². The Morgan fingerprint density at radius 2 is 2.17 bits per heavy atom. The van der Waals surface area contributed by atoms with Gasteiger partial charge in [0.05, 0.1) is 5.56 Å². The zero-order valence-corrected chi connectivity index (χ0v) is 11.3. The van der Waals surface area contributed by atoms with Gasteiger partial charge in [0.25, 0.3) is 5.91 Å². The zero-order valence-electron chi connectivity index (χ0n) is 9.74. The highest BCUT2D eigenvalue weighted by Crippen LogP contribution is 2.19. The largest absolute Gasteiger partial charge is 0.480 e. The summed E-state index contributed by atoms with van der Waals surface area (Å²) >= 11 is 3.07. The van der Waals surface area contributed by atoms with E-state index in [1.165, 1.54) is 12.1 Å². The molecule has 6 heteroatoms. The van der Waals surface area contributed by atoms with Crippen LogP contribution in [0.25, 0.3) is 0 Å². The van der Waals surface area contributed by atoms with Crippen LogP contribution in [0.2, 0.25) is 0 Å². The highest BCUT2D eigenvalue weighted by molar-refractivity contribution is 9.10. The molecule has 0 aromatic heterocycles. The molecule has 1 aromatic carbocycles. The molecule has 1 amide bonds. The first-order valence-electron chi connectivity index (χ1n) is 5.45. The van der Waals surface area contributed by atoms with Crippen LogP contribution >= 0.6 is 15.9 Å². The number of halogens is 2. The summed E-state index contributed by atoms with van der Waals surface area (Å²) < 4.78 is 13.8. The Labute approximate surface area is 112 Å². The van der Waals surface area contributed by atoms with Crippen LogP contribution in [0.3, 0.4) is 0 Å². The number of amides is 1. The van der Waals surface area contributed by atoms with Gasteiger partial charge in [0.15, 0.2) is 0 Å². The monoisotopic (exact) mass is 317 g/mol. The molecule has 4 nitrogen and oxygen atoms in total. The van der Waals surface area contributed by atoms with Gasteiger partial charge in [0, 0.05) is 4.47 Å². The maximum absolute atomic E-state index is 13.5. The van der Waals surface area contributed by atoms with Gasteiger partial charge in [0.2, 0.25) is 0 Å². The number of nitrogens with one attached hydrogen (secondary N) is 1. The molecule has 18 heavy (non-hydrogen) atoms. The number of hydrogen-bond donors (Lipinski definition) is 2. The summed E-state index contributed by atoms with van der Waals surface area (Å²) in [7, 11) is 0. The minimum Gasteiger partial charge on any atom is -0.480 e. The van der Waals surface area contributed by atoms with Gasteiger partial charge in [-0.25, -0.2) is 9.18 Å². The number of aliphatic carboxylic acids is 1. The third-order valence-corrected chi connectivity index (χ3v) is 3.03. The Morgan fingerprint density at radius 3 is 2.67 bits per heavy atom. The molecule has 0 saturated carbocycles. The van der Waals surface area contributed by atoms with E-state index in [2.05, 4.69) is 21.2 Å². The fraction of sp³-hybridized carbons (Fsp3) is 0.333. The van der Waals surface area contributed by atoms with E-state index < -0.39 is 23.7 Å². The van der Waals surface area contributed by atoms with Gasteiger partial charge >= 0.3 is 5.97 Å². The number of hydrogen-bond acceptors (Lipinski definition) is 2. The predicted octanol–water partition coefficient (Wildman–Crippen LogP) is 2.57. The van der Waals surface area contributed by atoms with Gasteiger partial charge in [0.1, 0.15) is 11.9 Å². The van der Waals surface area contributed by atoms with Crippen LogP contribution in [0.1, 0.15) is 30.1 Å². The second-order valence-corrected chi connectivity index (χ2v) is 4.60. The maximum Gasteiger partial charge on any atom is 0.326 e. The lowest BCUT2D eigenvalue weighted by Crippen LogP contribution is -2.41. The Bertz CT molecular complexity index is 444. The topological polar surface area (TPSA) is 66.4 Å². The molecule has 0 aliphatic carbocycles. The van der Waals surface area contributed by atoms with Crippen molar-refractivity contribution in [3.63, 3.8) is 0 Å². The summed E-state index contributed by atoms with van der Waals surface area (Å²) in [6.45, 7) is 1.81. The minimum absolute atomic E-state index is 0.181. The van der Waals surface area contributed by atoms with Gasteiger partial charge in [-0.05, 0) is 34.5 Å². The minimum atomic E-state index is -1.13. The van der Waals surface area contributed by atoms with E-state index in [9.17, 15) is 14.0 Å². The van der Waals surface area contributed by atoms with Crippen LogP contribution in [0.15, 0.2) is 22.7 Å². The fourth-order valence-electron chi connectivity index (χ4n) is 1.49. The molecule has 0 fully saturated rings. The second-order valence-electron chi connectivity index (χ2n) is 3.75. The number of carbonyl (C=O) groups is 2. The molecule has 2 N–H and O–H groups in total. The highest BCUT2D eigenvalue weighted by Gasteiger charge is 2.22. The summed E-state index contributed by atoms with van der Waals surface area (Å²) in [5, 5.41) is 11.2. The lowest BCUT2D eigenvalue weighted by atomic mass is 10.1. The van der Waals surface area contributed by atoms with Crippen molar-refractivity contribution in [2.75, 3.05) is 0 Å². The van der Waals surface area contributed by atoms with E-state index in [0.717, 1.165) is 6.07 Å². The molecule has 0 aliphatic heterocycles. The average Bonchev–Trinajstić information content (AvgIpc) is 2.28. The number of rotatable bonds is 5. The van der Waals surface area contributed by atoms with E-state index >= 15 is 0 Å². The van der Waals surface area contributed by atoms with E-state index in [1.54, 1.807) is 6.92 Å². The Morgan fingerprint density at radius 1 is 1.50 bits per heavy atom. The molecule has 0 aliphatic rings. The summed E-state index contributed by atoms with van der Waals surface area (Å²) in [6, 6.07) is 3.12. The lowest BCUT2D eigenvalue weighted by molar-refractivity contribution is -0.139. The molecule has 0 saturated heterocycles. The smallest absolute Gasteiger partial charge is 0.326 e. The Kier molecular flexibility index (Phi) is 5.27. The molecule has 1 atom stereocenters. The molecule has 0 heterocycles. The standard InChI is InChI=1S/C12H13BrFNO3/c1-2-4-9(12(17)18)15-11(16)10-7(13)5-3-6-8(10)14/h3,5-6,9H,2,4H2,1H3,(H,15,16)(H,17,18)/t9-/m0/s1. The van der Waals surface area contributed by atoms with Crippen LogP contribution in [0.5, 0.6) is 0 Å². The molecule has 0 unspecified atom stereocenters. The lowest BCUT2D eigenvalue weighted by Gasteiger charge is -2.14. The normalized spacial score (nSPS) is 11.9. The summed E-state index contributed by atoms with van der Waals surface area (Å²) in [6.07, 6.45) is 0.906. The van der Waals surface area contributed by atoms with Crippen LogP contribution in [-0.4, -0.2) is 23.0 Å². The number of carbonyl (C=O) groups excluding carboxylic acids is 1. The quantitative estimate of drug-likeness (QED) is 0.877. The van der Waals surface area contributed by atoms with Crippen molar-refractivity contribution in [3.8, 4) is 0 Å². The SMILES string of the molecule is CCC[C@H](NC(=O)c1c(F)cccc1Br)C(=O)O. The van der Waals surface area contributed by atoms with Crippen molar-refractivity contribution in [1.29, 1.82) is 0 Å². The molecule has 1 aromatic rings. The van der Waals surface area contributed by atoms with Gasteiger partial charge in [-0.1, -0.05) is 19.4 Å². The first kappa shape index (κ1) is 14.6. The van der Waals surface area contributed by atoms with Crippen molar-refractivity contribution in [3.05, 3.63) is 34.1 Å². The third kappa shape index (κ3) is 3.53. The van der Waals surface area contributed by atoms with Crippen molar-refractivity contribution < 1.29 is 19.1 Å². The van der Waals surface area contributed by atoms with Gasteiger partial charge in [-0.2, -0.15) is 0 Å². The average molecular weight is 318 g/mol. The highest BCUT2D eigenvalue weighted by atomic mass is 79.9. The first-order valence-corrected chi connectivity index (χ1v) is 6.24. The zero-order chi connectivity index (χ0) is 13.7. The fourth-order valence-corrected chi connectivity index (χ4v) is 2.01. The number of carboxylic acid groups (broad SMARTS) is 1. The summed E-state index contributed by atoms with van der Waals surface area (Å²) in [4.78, 5) is 22.7. The van der Waals surface area contributed by atoms with E-state index in [4.69, 9.17) is 5.11 Å². The van der Waals surface area contributed by atoms with Crippen molar-refractivity contribution >= 4 is 27.8 Å². The molecule has 98 valence electrons. The van der Waals surface area contributed by atoms with Crippen LogP contribution in [0.4, 0.5) is 4.39 Å². The predicted molar refractivity (Wildman–Crippen MR) is 67.9 cm³/mol.